The molecule has 0 aliphatic heterocycles. The van der Waals surface area contributed by atoms with Gasteiger partial charge in [0.05, 0.1) is 13.2 Å². The van der Waals surface area contributed by atoms with Crippen LogP contribution < -0.4 is 10.6 Å². The van der Waals surface area contributed by atoms with Crippen LogP contribution in [0.1, 0.15) is 25.5 Å². The summed E-state index contributed by atoms with van der Waals surface area (Å²) in [6.45, 7) is 4.39. The Bertz CT molecular complexity index is 478. The number of carbonyl (C=O) groups excluding carboxylic acids is 2. The number of benzene rings is 1. The van der Waals surface area contributed by atoms with Crippen LogP contribution in [0.2, 0.25) is 0 Å². The molecule has 0 heterocycles. The van der Waals surface area contributed by atoms with Crippen molar-refractivity contribution in [2.24, 2.45) is 5.92 Å². The lowest BCUT2D eigenvalue weighted by molar-refractivity contribution is -0.123. The van der Waals surface area contributed by atoms with E-state index in [0.717, 1.165) is 0 Å². The average molecular weight is 308 g/mol. The molecule has 2 amide bonds. The van der Waals surface area contributed by atoms with E-state index in [9.17, 15) is 9.59 Å². The van der Waals surface area contributed by atoms with Gasteiger partial charge in [-0.1, -0.05) is 37.3 Å². The molecule has 2 N–H and O–H groups in total. The van der Waals surface area contributed by atoms with E-state index >= 15 is 0 Å². The third-order valence-corrected chi connectivity index (χ3v) is 3.61. The van der Waals surface area contributed by atoms with Gasteiger partial charge in [0.25, 0.3) is 0 Å². The predicted octanol–water partition coefficient (Wildman–Crippen LogP) is 1.87. The summed E-state index contributed by atoms with van der Waals surface area (Å²) >= 11 is 0. The van der Waals surface area contributed by atoms with Crippen LogP contribution in [0.25, 0.3) is 0 Å². The Balaban J connectivity index is 2.74. The van der Waals surface area contributed by atoms with Crippen molar-refractivity contribution in [2.75, 3.05) is 20.8 Å². The minimum absolute atomic E-state index is 0.0315. The lowest BCUT2D eigenvalue weighted by Crippen LogP contribution is -2.42. The summed E-state index contributed by atoms with van der Waals surface area (Å²) in [6, 6.07) is 8.23. The number of methoxy groups -OCH3 is 2. The van der Waals surface area contributed by atoms with E-state index in [-0.39, 0.29) is 17.9 Å². The van der Waals surface area contributed by atoms with Gasteiger partial charge in [-0.2, -0.15) is 0 Å². The Morgan fingerprint density at radius 2 is 1.77 bits per heavy atom. The summed E-state index contributed by atoms with van der Waals surface area (Å²) in [5.41, 5.74) is 0.692. The van der Waals surface area contributed by atoms with Gasteiger partial charge in [0, 0.05) is 13.7 Å². The predicted molar refractivity (Wildman–Crippen MR) is 83.4 cm³/mol. The monoisotopic (exact) mass is 308 g/mol. The van der Waals surface area contributed by atoms with Crippen molar-refractivity contribution in [3.63, 3.8) is 0 Å². The Hall–Kier alpha value is -2.08. The lowest BCUT2D eigenvalue weighted by Gasteiger charge is -2.22. The maximum absolute atomic E-state index is 12.4. The average Bonchev–Trinajstić information content (AvgIpc) is 2.56. The molecule has 3 unspecified atom stereocenters. The molecule has 0 aliphatic rings. The Morgan fingerprint density at radius 1 is 1.14 bits per heavy atom. The van der Waals surface area contributed by atoms with Gasteiger partial charge >= 0.3 is 6.09 Å². The molecular formula is C16H24N2O4. The molecule has 6 heteroatoms. The molecule has 22 heavy (non-hydrogen) atoms. The van der Waals surface area contributed by atoms with E-state index in [4.69, 9.17) is 4.74 Å². The first-order chi connectivity index (χ1) is 10.5. The maximum Gasteiger partial charge on any atom is 0.407 e. The minimum Gasteiger partial charge on any atom is -0.453 e. The molecule has 0 radical (unpaired) electrons. The molecule has 0 saturated carbocycles. The van der Waals surface area contributed by atoms with Crippen molar-refractivity contribution in [1.29, 1.82) is 0 Å². The quantitative estimate of drug-likeness (QED) is 0.806. The SMILES string of the molecule is COC(=O)NC(C(=O)NCC(C)C(C)OC)c1ccccc1. The second kappa shape index (κ2) is 9.04. The van der Waals surface area contributed by atoms with Gasteiger partial charge < -0.3 is 20.1 Å². The second-order valence-electron chi connectivity index (χ2n) is 5.14. The Morgan fingerprint density at radius 3 is 2.32 bits per heavy atom. The summed E-state index contributed by atoms with van der Waals surface area (Å²) in [5, 5.41) is 5.38. The van der Waals surface area contributed by atoms with Gasteiger partial charge in [0.2, 0.25) is 5.91 Å². The van der Waals surface area contributed by atoms with Crippen LogP contribution in [-0.2, 0) is 14.3 Å². The second-order valence-corrected chi connectivity index (χ2v) is 5.14. The zero-order chi connectivity index (χ0) is 16.5. The van der Waals surface area contributed by atoms with Crippen LogP contribution in [-0.4, -0.2) is 38.9 Å². The molecule has 0 fully saturated rings. The number of nitrogens with one attached hydrogen (secondary N) is 2. The molecule has 6 nitrogen and oxygen atoms in total. The minimum atomic E-state index is -0.793. The van der Waals surface area contributed by atoms with Crippen molar-refractivity contribution in [3.05, 3.63) is 35.9 Å². The normalized spacial score (nSPS) is 14.5. The number of alkyl carbamates (subject to hydrolysis) is 1. The summed E-state index contributed by atoms with van der Waals surface area (Å²) < 4.78 is 9.81. The molecule has 1 aromatic rings. The van der Waals surface area contributed by atoms with Gasteiger partial charge in [0.15, 0.2) is 0 Å². The summed E-state index contributed by atoms with van der Waals surface area (Å²) in [5.74, 6) is -0.129. The van der Waals surface area contributed by atoms with Crippen molar-refractivity contribution in [1.82, 2.24) is 10.6 Å². The molecule has 0 saturated heterocycles. The van der Waals surface area contributed by atoms with Crippen LogP contribution >= 0.6 is 0 Å². The van der Waals surface area contributed by atoms with Crippen LogP contribution in [0.15, 0.2) is 30.3 Å². The van der Waals surface area contributed by atoms with Gasteiger partial charge in [0.1, 0.15) is 6.04 Å². The molecule has 3 atom stereocenters. The van der Waals surface area contributed by atoms with E-state index in [1.807, 2.05) is 32.0 Å². The highest BCUT2D eigenvalue weighted by molar-refractivity contribution is 5.86. The van der Waals surface area contributed by atoms with Crippen LogP contribution in [0.5, 0.6) is 0 Å². The zero-order valence-corrected chi connectivity index (χ0v) is 13.5. The number of amides is 2. The van der Waals surface area contributed by atoms with Gasteiger partial charge in [-0.25, -0.2) is 4.79 Å². The standard InChI is InChI=1S/C16H24N2O4/c1-11(12(2)21-3)10-17-15(19)14(18-16(20)22-4)13-8-6-5-7-9-13/h5-9,11-12,14H,10H2,1-4H3,(H,17,19)(H,18,20). The first-order valence-corrected chi connectivity index (χ1v) is 7.19. The fraction of sp³-hybridized carbons (Fsp3) is 0.500. The molecule has 1 aromatic carbocycles. The van der Waals surface area contributed by atoms with Crippen LogP contribution in [0.4, 0.5) is 4.79 Å². The van der Waals surface area contributed by atoms with Crippen molar-refractivity contribution in [2.45, 2.75) is 26.0 Å². The molecule has 0 aliphatic carbocycles. The van der Waals surface area contributed by atoms with Crippen molar-refractivity contribution < 1.29 is 19.1 Å². The van der Waals surface area contributed by atoms with Gasteiger partial charge in [-0.15, -0.1) is 0 Å². The number of hydrogen-bond donors (Lipinski definition) is 2. The zero-order valence-electron chi connectivity index (χ0n) is 13.5. The molecule has 0 spiro atoms. The number of carbonyl (C=O) groups is 2. The highest BCUT2D eigenvalue weighted by Crippen LogP contribution is 2.13. The molecule has 0 bridgehead atoms. The fourth-order valence-electron chi connectivity index (χ4n) is 1.88. The van der Waals surface area contributed by atoms with E-state index < -0.39 is 12.1 Å². The Kier molecular flexibility index (Phi) is 7.39. The molecule has 0 aromatic heterocycles. The Labute approximate surface area is 131 Å². The summed E-state index contributed by atoms with van der Waals surface area (Å²) in [7, 11) is 2.90. The molecule has 122 valence electrons. The number of hydrogen-bond acceptors (Lipinski definition) is 4. The summed E-state index contributed by atoms with van der Waals surface area (Å²) in [4.78, 5) is 23.8. The smallest absolute Gasteiger partial charge is 0.407 e. The van der Waals surface area contributed by atoms with E-state index in [1.165, 1.54) is 7.11 Å². The van der Waals surface area contributed by atoms with E-state index in [2.05, 4.69) is 15.4 Å². The van der Waals surface area contributed by atoms with Crippen molar-refractivity contribution in [3.8, 4) is 0 Å². The number of ether oxygens (including phenoxy) is 2. The topological polar surface area (TPSA) is 76.7 Å². The third-order valence-electron chi connectivity index (χ3n) is 3.61. The third kappa shape index (κ3) is 5.37. The molecule has 1 rings (SSSR count). The fourth-order valence-corrected chi connectivity index (χ4v) is 1.88. The maximum atomic E-state index is 12.4. The van der Waals surface area contributed by atoms with Gasteiger partial charge in [-0.05, 0) is 18.4 Å². The highest BCUT2D eigenvalue weighted by Gasteiger charge is 2.23. The lowest BCUT2D eigenvalue weighted by atomic mass is 10.0. The summed E-state index contributed by atoms with van der Waals surface area (Å²) in [6.07, 6.45) is -0.619. The van der Waals surface area contributed by atoms with E-state index in [0.29, 0.717) is 12.1 Å². The van der Waals surface area contributed by atoms with Gasteiger partial charge in [-0.3, -0.25) is 4.79 Å². The van der Waals surface area contributed by atoms with Crippen LogP contribution in [0.3, 0.4) is 0 Å². The van der Waals surface area contributed by atoms with Crippen LogP contribution in [0, 0.1) is 5.92 Å². The molecular weight excluding hydrogens is 284 g/mol. The van der Waals surface area contributed by atoms with E-state index in [1.54, 1.807) is 19.2 Å². The highest BCUT2D eigenvalue weighted by atomic mass is 16.5. The number of rotatable bonds is 7. The first-order valence-electron chi connectivity index (χ1n) is 7.19. The largest absolute Gasteiger partial charge is 0.453 e. The first kappa shape index (κ1) is 18.0. The van der Waals surface area contributed by atoms with Crippen molar-refractivity contribution >= 4 is 12.0 Å².